The van der Waals surface area contributed by atoms with E-state index >= 15 is 0 Å². The summed E-state index contributed by atoms with van der Waals surface area (Å²) in [7, 11) is 0. The number of phenolic OH excluding ortho intramolecular Hbond substituents is 1. The highest BCUT2D eigenvalue weighted by molar-refractivity contribution is 6.30. The van der Waals surface area contributed by atoms with E-state index in [4.69, 9.17) is 31.4 Å². The van der Waals surface area contributed by atoms with Crippen LogP contribution in [0.4, 0.5) is 0 Å². The van der Waals surface area contributed by atoms with E-state index in [9.17, 15) is 5.11 Å². The molecule has 0 radical (unpaired) electrons. The van der Waals surface area contributed by atoms with Crippen molar-refractivity contribution in [1.29, 1.82) is 0 Å². The molecule has 1 heterocycles. The van der Waals surface area contributed by atoms with E-state index in [0.717, 1.165) is 11.3 Å². The van der Waals surface area contributed by atoms with Crippen LogP contribution in [0.5, 0.6) is 5.75 Å². The second kappa shape index (κ2) is 9.39. The molecule has 4 N–H and O–H groups in total. The van der Waals surface area contributed by atoms with Crippen LogP contribution in [0, 0.1) is 0 Å². The van der Waals surface area contributed by atoms with Crippen molar-refractivity contribution in [2.45, 2.75) is 13.1 Å². The van der Waals surface area contributed by atoms with Crippen LogP contribution in [0.1, 0.15) is 11.3 Å². The van der Waals surface area contributed by atoms with Gasteiger partial charge in [-0.15, -0.1) is 0 Å². The Morgan fingerprint density at radius 1 is 1.09 bits per heavy atom. The fourth-order valence-corrected chi connectivity index (χ4v) is 1.72. The number of phenols is 1. The van der Waals surface area contributed by atoms with E-state index in [0.29, 0.717) is 18.1 Å². The van der Waals surface area contributed by atoms with Gasteiger partial charge in [0, 0.05) is 29.9 Å². The highest BCUT2D eigenvalue weighted by Gasteiger charge is 2.04. The van der Waals surface area contributed by atoms with Crippen LogP contribution in [0.3, 0.4) is 0 Å². The van der Waals surface area contributed by atoms with Crippen molar-refractivity contribution >= 4 is 23.5 Å². The average Bonchev–Trinajstić information content (AvgIpc) is 2.52. The average molecular weight is 339 g/mol. The minimum Gasteiger partial charge on any atom is -0.508 e. The van der Waals surface area contributed by atoms with Crippen LogP contribution in [-0.2, 0) is 22.7 Å². The Balaban J connectivity index is 0.000000379. The van der Waals surface area contributed by atoms with Gasteiger partial charge >= 0.3 is 11.9 Å². The standard InChI is InChI=1S/C13H13ClN2O.C2H2O4/c14-11-4-5-13(17)10(7-11)8-15-9-12-3-1-2-6-16-12;3-1(4)2(5)6/h1-7,15,17H,8-9H2;(H,3,4)(H,5,6). The number of aromatic hydroxyl groups is 1. The molecule has 7 nitrogen and oxygen atoms in total. The maximum absolute atomic E-state index is 9.62. The normalized spacial score (nSPS) is 9.61. The molecule has 23 heavy (non-hydrogen) atoms. The van der Waals surface area contributed by atoms with E-state index in [1.54, 1.807) is 24.4 Å². The predicted molar refractivity (Wildman–Crippen MR) is 83.2 cm³/mol. The first kappa shape index (κ1) is 18.4. The molecule has 0 bridgehead atoms. The lowest BCUT2D eigenvalue weighted by atomic mass is 10.2. The Kier molecular flexibility index (Phi) is 7.52. The number of aliphatic carboxylic acids is 2. The first-order valence-electron chi connectivity index (χ1n) is 6.44. The van der Waals surface area contributed by atoms with Gasteiger partial charge in [-0.25, -0.2) is 9.59 Å². The molecule has 0 aliphatic rings. The van der Waals surface area contributed by atoms with Gasteiger partial charge in [-0.05, 0) is 30.3 Å². The number of hydrogen-bond acceptors (Lipinski definition) is 5. The largest absolute Gasteiger partial charge is 0.508 e. The maximum atomic E-state index is 9.62. The SMILES string of the molecule is O=C(O)C(=O)O.Oc1ccc(Cl)cc1CNCc1ccccn1. The number of halogens is 1. The summed E-state index contributed by atoms with van der Waals surface area (Å²) in [5.74, 6) is -3.40. The monoisotopic (exact) mass is 338 g/mol. The van der Waals surface area contributed by atoms with Gasteiger partial charge in [0.2, 0.25) is 0 Å². The van der Waals surface area contributed by atoms with E-state index in [1.165, 1.54) is 0 Å². The lowest BCUT2D eigenvalue weighted by molar-refractivity contribution is -0.159. The maximum Gasteiger partial charge on any atom is 0.414 e. The molecule has 0 spiro atoms. The number of carbonyl (C=O) groups is 2. The zero-order valence-electron chi connectivity index (χ0n) is 11.9. The minimum atomic E-state index is -1.82. The first-order chi connectivity index (χ1) is 10.9. The fraction of sp³-hybridized carbons (Fsp3) is 0.133. The van der Waals surface area contributed by atoms with Crippen molar-refractivity contribution in [2.24, 2.45) is 0 Å². The lowest BCUT2D eigenvalue weighted by Crippen LogP contribution is -2.13. The number of pyridine rings is 1. The zero-order chi connectivity index (χ0) is 17.2. The summed E-state index contributed by atoms with van der Waals surface area (Å²) >= 11 is 5.86. The summed E-state index contributed by atoms with van der Waals surface area (Å²) in [6.07, 6.45) is 1.76. The molecular formula is C15H15ClN2O5. The number of benzene rings is 1. The highest BCUT2D eigenvalue weighted by atomic mass is 35.5. The quantitative estimate of drug-likeness (QED) is 0.628. The smallest absolute Gasteiger partial charge is 0.414 e. The Morgan fingerprint density at radius 3 is 2.35 bits per heavy atom. The summed E-state index contributed by atoms with van der Waals surface area (Å²) < 4.78 is 0. The summed E-state index contributed by atoms with van der Waals surface area (Å²) in [5, 5.41) is 28.2. The molecule has 2 aromatic rings. The fourth-order valence-electron chi connectivity index (χ4n) is 1.52. The molecule has 1 aromatic carbocycles. The van der Waals surface area contributed by atoms with Gasteiger partial charge in [0.1, 0.15) is 5.75 Å². The number of hydrogen-bond donors (Lipinski definition) is 4. The number of carboxylic acid groups (broad SMARTS) is 2. The summed E-state index contributed by atoms with van der Waals surface area (Å²) in [5.41, 5.74) is 1.75. The minimum absolute atomic E-state index is 0.253. The number of nitrogens with one attached hydrogen (secondary N) is 1. The van der Waals surface area contributed by atoms with Crippen molar-refractivity contribution in [3.05, 3.63) is 58.9 Å². The van der Waals surface area contributed by atoms with Crippen LogP contribution in [0.2, 0.25) is 5.02 Å². The lowest BCUT2D eigenvalue weighted by Gasteiger charge is -2.06. The molecular weight excluding hydrogens is 324 g/mol. The predicted octanol–water partition coefficient (Wildman–Crippen LogP) is 1.89. The van der Waals surface area contributed by atoms with Crippen molar-refractivity contribution in [3.8, 4) is 5.75 Å². The van der Waals surface area contributed by atoms with Gasteiger partial charge < -0.3 is 20.6 Å². The molecule has 1 aromatic heterocycles. The molecule has 0 saturated carbocycles. The Morgan fingerprint density at radius 2 is 1.78 bits per heavy atom. The molecule has 0 fully saturated rings. The number of carboxylic acids is 2. The number of rotatable bonds is 4. The van der Waals surface area contributed by atoms with Gasteiger partial charge in [-0.3, -0.25) is 4.98 Å². The third-order valence-corrected chi connectivity index (χ3v) is 2.81. The van der Waals surface area contributed by atoms with Crippen molar-refractivity contribution in [2.75, 3.05) is 0 Å². The van der Waals surface area contributed by atoms with Gasteiger partial charge in [-0.2, -0.15) is 0 Å². The van der Waals surface area contributed by atoms with E-state index < -0.39 is 11.9 Å². The molecule has 0 saturated heterocycles. The third kappa shape index (κ3) is 7.25. The molecule has 122 valence electrons. The molecule has 2 rings (SSSR count). The van der Waals surface area contributed by atoms with Crippen LogP contribution in [0.25, 0.3) is 0 Å². The highest BCUT2D eigenvalue weighted by Crippen LogP contribution is 2.21. The van der Waals surface area contributed by atoms with Gasteiger partial charge in [0.15, 0.2) is 0 Å². The summed E-state index contributed by atoms with van der Waals surface area (Å²) in [6.45, 7) is 1.22. The zero-order valence-corrected chi connectivity index (χ0v) is 12.7. The second-order valence-corrected chi connectivity index (χ2v) is 4.74. The van der Waals surface area contributed by atoms with E-state index in [2.05, 4.69) is 10.3 Å². The molecule has 0 aliphatic carbocycles. The van der Waals surface area contributed by atoms with Crippen molar-refractivity contribution in [3.63, 3.8) is 0 Å². The van der Waals surface area contributed by atoms with Gasteiger partial charge in [0.05, 0.1) is 5.69 Å². The number of aromatic nitrogens is 1. The topological polar surface area (TPSA) is 120 Å². The van der Waals surface area contributed by atoms with Crippen molar-refractivity contribution in [1.82, 2.24) is 10.3 Å². The van der Waals surface area contributed by atoms with Crippen molar-refractivity contribution < 1.29 is 24.9 Å². The van der Waals surface area contributed by atoms with Crippen LogP contribution < -0.4 is 5.32 Å². The molecule has 0 amide bonds. The first-order valence-corrected chi connectivity index (χ1v) is 6.82. The van der Waals surface area contributed by atoms with Crippen LogP contribution in [-0.4, -0.2) is 32.2 Å². The van der Waals surface area contributed by atoms with Crippen LogP contribution in [0.15, 0.2) is 42.6 Å². The molecule has 0 aliphatic heterocycles. The summed E-state index contributed by atoms with van der Waals surface area (Å²) in [4.78, 5) is 22.4. The van der Waals surface area contributed by atoms with Gasteiger partial charge in [-0.1, -0.05) is 17.7 Å². The van der Waals surface area contributed by atoms with E-state index in [1.807, 2.05) is 18.2 Å². The molecule has 0 atom stereocenters. The Labute approximate surface area is 137 Å². The number of nitrogens with zero attached hydrogens (tertiary/aromatic N) is 1. The van der Waals surface area contributed by atoms with E-state index in [-0.39, 0.29) is 5.75 Å². The van der Waals surface area contributed by atoms with Crippen LogP contribution >= 0.6 is 11.6 Å². The Hall–Kier alpha value is -2.64. The molecule has 0 unspecified atom stereocenters. The molecule has 8 heteroatoms. The second-order valence-electron chi connectivity index (χ2n) is 4.31. The summed E-state index contributed by atoms with van der Waals surface area (Å²) in [6, 6.07) is 10.8. The van der Waals surface area contributed by atoms with Gasteiger partial charge in [0.25, 0.3) is 0 Å². The third-order valence-electron chi connectivity index (χ3n) is 2.57. The Bertz CT molecular complexity index is 652.